The molecule has 1 aromatic heterocycles. The molecule has 2 fully saturated rings. The van der Waals surface area contributed by atoms with Gasteiger partial charge in [-0.15, -0.1) is 0 Å². The number of benzene rings is 2. The molecule has 184 valence electrons. The summed E-state index contributed by atoms with van der Waals surface area (Å²) >= 11 is 0. The van der Waals surface area contributed by atoms with Crippen molar-refractivity contribution in [1.82, 2.24) is 25.8 Å². The number of aryl methyl sites for hydroxylation is 1. The molecule has 0 radical (unpaired) electrons. The number of carbonyl (C=O) groups is 4. The van der Waals surface area contributed by atoms with Crippen LogP contribution < -0.4 is 20.7 Å². The molecule has 2 aromatic carbocycles. The van der Waals surface area contributed by atoms with Crippen molar-refractivity contribution in [1.29, 1.82) is 0 Å². The maximum Gasteiger partial charge on any atom is 0.322 e. The average Bonchev–Trinajstić information content (AvgIpc) is 3.36. The Labute approximate surface area is 207 Å². The van der Waals surface area contributed by atoms with Crippen LogP contribution >= 0.6 is 0 Å². The van der Waals surface area contributed by atoms with E-state index in [0.29, 0.717) is 17.9 Å². The van der Waals surface area contributed by atoms with Gasteiger partial charge >= 0.3 is 6.03 Å². The van der Waals surface area contributed by atoms with Gasteiger partial charge in [0.15, 0.2) is 5.54 Å². The quantitative estimate of drug-likeness (QED) is 0.470. The number of urea groups is 1. The van der Waals surface area contributed by atoms with Crippen LogP contribution in [0, 0.1) is 6.92 Å². The van der Waals surface area contributed by atoms with Crippen LogP contribution in [-0.2, 0) is 16.2 Å². The lowest BCUT2D eigenvalue weighted by Gasteiger charge is -2.27. The normalized spacial score (nSPS) is 20.9. The van der Waals surface area contributed by atoms with Crippen molar-refractivity contribution in [2.24, 2.45) is 0 Å². The molecule has 3 heterocycles. The third kappa shape index (κ3) is 4.21. The monoisotopic (exact) mass is 487 g/mol. The second-order valence-electron chi connectivity index (χ2n) is 9.06. The summed E-state index contributed by atoms with van der Waals surface area (Å²) < 4.78 is 5.96. The maximum absolute atomic E-state index is 13.0. The van der Waals surface area contributed by atoms with Gasteiger partial charge in [0, 0.05) is 35.7 Å². The second-order valence-corrected chi connectivity index (χ2v) is 9.06. The molecule has 3 N–H and O–H groups in total. The third-order valence-electron chi connectivity index (χ3n) is 6.60. The zero-order valence-corrected chi connectivity index (χ0v) is 19.8. The highest BCUT2D eigenvalue weighted by molar-refractivity contribution is 6.09. The van der Waals surface area contributed by atoms with Crippen LogP contribution in [-0.4, -0.2) is 58.3 Å². The van der Waals surface area contributed by atoms with Gasteiger partial charge in [0.2, 0.25) is 5.91 Å². The molecule has 10 nitrogen and oxygen atoms in total. The van der Waals surface area contributed by atoms with Gasteiger partial charge in [-0.3, -0.25) is 24.7 Å². The molecule has 2 aliphatic rings. The average molecular weight is 488 g/mol. The van der Waals surface area contributed by atoms with E-state index in [1.54, 1.807) is 24.3 Å². The van der Waals surface area contributed by atoms with Crippen LogP contribution in [0.2, 0.25) is 0 Å². The summed E-state index contributed by atoms with van der Waals surface area (Å²) in [5, 5.41) is 8.63. The van der Waals surface area contributed by atoms with E-state index in [1.165, 1.54) is 11.8 Å². The molecule has 1 spiro atoms. The van der Waals surface area contributed by atoms with E-state index < -0.39 is 29.4 Å². The van der Waals surface area contributed by atoms with Crippen molar-refractivity contribution < 1.29 is 23.9 Å². The first-order chi connectivity index (χ1) is 17.2. The summed E-state index contributed by atoms with van der Waals surface area (Å²) in [6.07, 6.45) is 0. The van der Waals surface area contributed by atoms with Crippen LogP contribution in [0.25, 0.3) is 10.9 Å². The molecular weight excluding hydrogens is 462 g/mol. The molecule has 0 bridgehead atoms. The molecular formula is C26H25N5O5. The fraction of sp³-hybridized carbons (Fsp3) is 0.269. The number of para-hydroxylation sites is 1. The first-order valence-corrected chi connectivity index (χ1v) is 11.5. The number of fused-ring (bicyclic) bond motifs is 1. The molecule has 2 aliphatic heterocycles. The van der Waals surface area contributed by atoms with Crippen molar-refractivity contribution >= 4 is 34.7 Å². The maximum atomic E-state index is 13.0. The molecule has 2 saturated heterocycles. The van der Waals surface area contributed by atoms with E-state index in [0.717, 1.165) is 22.2 Å². The zero-order chi connectivity index (χ0) is 25.4. The molecule has 5 rings (SSSR count). The Bertz CT molecular complexity index is 1390. The summed E-state index contributed by atoms with van der Waals surface area (Å²) in [4.78, 5) is 55.2. The van der Waals surface area contributed by atoms with Crippen molar-refractivity contribution in [2.45, 2.75) is 32.0 Å². The van der Waals surface area contributed by atoms with Crippen molar-refractivity contribution in [3.05, 3.63) is 71.4 Å². The Balaban J connectivity index is 1.28. The highest BCUT2D eigenvalue weighted by Crippen LogP contribution is 2.26. The molecule has 0 saturated carbocycles. The zero-order valence-electron chi connectivity index (χ0n) is 19.8. The fourth-order valence-electron chi connectivity index (χ4n) is 4.74. The lowest BCUT2D eigenvalue weighted by atomic mass is 9.93. The van der Waals surface area contributed by atoms with Crippen LogP contribution in [0.3, 0.4) is 0 Å². The van der Waals surface area contributed by atoms with Gasteiger partial charge in [-0.05, 0) is 43.3 Å². The van der Waals surface area contributed by atoms with Gasteiger partial charge < -0.3 is 20.3 Å². The number of rotatable bonds is 5. The summed E-state index contributed by atoms with van der Waals surface area (Å²) in [7, 11) is 0. The number of amides is 5. The molecule has 36 heavy (non-hydrogen) atoms. The number of pyridine rings is 1. The molecule has 0 aliphatic carbocycles. The minimum absolute atomic E-state index is 0.0131. The Hall–Kier alpha value is -4.47. The largest absolute Gasteiger partial charge is 0.489 e. The van der Waals surface area contributed by atoms with Crippen LogP contribution in [0.15, 0.2) is 54.6 Å². The van der Waals surface area contributed by atoms with E-state index >= 15 is 0 Å². The molecule has 3 aromatic rings. The van der Waals surface area contributed by atoms with Gasteiger partial charge in [0.1, 0.15) is 12.4 Å². The van der Waals surface area contributed by atoms with E-state index in [2.05, 4.69) is 20.9 Å². The molecule has 10 heteroatoms. The second kappa shape index (κ2) is 8.95. The van der Waals surface area contributed by atoms with E-state index in [4.69, 9.17) is 4.74 Å². The SMILES string of the molecule is CC(=O)N1C[C@@H](NC(=O)c2ccc(OCc3cc(C)nc4ccccc34)cc2)[C@]2(C1)NC(=O)NC2=O. The minimum atomic E-state index is -1.40. The van der Waals surface area contributed by atoms with Crippen molar-refractivity contribution in [2.75, 3.05) is 13.1 Å². The summed E-state index contributed by atoms with van der Waals surface area (Å²) in [6, 6.07) is 15.1. The summed E-state index contributed by atoms with van der Waals surface area (Å²) in [5.41, 5.74) is 1.78. The van der Waals surface area contributed by atoms with E-state index in [9.17, 15) is 19.2 Å². The first-order valence-electron chi connectivity index (χ1n) is 11.5. The lowest BCUT2D eigenvalue weighted by molar-refractivity contribution is -0.128. The van der Waals surface area contributed by atoms with Crippen molar-refractivity contribution in [3.63, 3.8) is 0 Å². The number of likely N-dealkylation sites (tertiary alicyclic amines) is 1. The number of ether oxygens (including phenoxy) is 1. The fourth-order valence-corrected chi connectivity index (χ4v) is 4.74. The van der Waals surface area contributed by atoms with Crippen LogP contribution in [0.5, 0.6) is 5.75 Å². The minimum Gasteiger partial charge on any atom is -0.489 e. The Kier molecular flexibility index (Phi) is 5.79. The first kappa shape index (κ1) is 23.3. The topological polar surface area (TPSA) is 130 Å². The van der Waals surface area contributed by atoms with Crippen LogP contribution in [0.4, 0.5) is 4.79 Å². The number of imide groups is 1. The van der Waals surface area contributed by atoms with Gasteiger partial charge in [-0.1, -0.05) is 18.2 Å². The van der Waals surface area contributed by atoms with Gasteiger partial charge in [0.05, 0.1) is 18.1 Å². The predicted molar refractivity (Wildman–Crippen MR) is 130 cm³/mol. The molecule has 2 atom stereocenters. The number of nitrogens with one attached hydrogen (secondary N) is 3. The summed E-state index contributed by atoms with van der Waals surface area (Å²) in [5.74, 6) is -0.656. The Morgan fingerprint density at radius 1 is 1.17 bits per heavy atom. The lowest BCUT2D eigenvalue weighted by Crippen LogP contribution is -2.62. The van der Waals surface area contributed by atoms with Gasteiger partial charge in [-0.2, -0.15) is 0 Å². The van der Waals surface area contributed by atoms with Crippen LogP contribution in [0.1, 0.15) is 28.5 Å². The van der Waals surface area contributed by atoms with Gasteiger partial charge in [-0.25, -0.2) is 4.79 Å². The van der Waals surface area contributed by atoms with Gasteiger partial charge in [0.25, 0.3) is 11.8 Å². The smallest absolute Gasteiger partial charge is 0.322 e. The number of carbonyl (C=O) groups excluding carboxylic acids is 4. The molecule has 5 amide bonds. The van der Waals surface area contributed by atoms with E-state index in [1.807, 2.05) is 37.3 Å². The number of aromatic nitrogens is 1. The standard InChI is InChI=1S/C26H25N5O5/c1-15-11-18(20-5-3-4-6-21(20)27-15)13-36-19-9-7-17(8-10-19)23(33)28-22-12-31(16(2)32)14-26(22)24(34)29-25(35)30-26/h3-11,22H,12-14H2,1-2H3,(H,28,33)(H2,29,30,34,35)/t22-,26+/m1/s1. The highest BCUT2D eigenvalue weighted by Gasteiger charge is 2.58. The highest BCUT2D eigenvalue weighted by atomic mass is 16.5. The van der Waals surface area contributed by atoms with Crippen molar-refractivity contribution in [3.8, 4) is 5.75 Å². The number of hydrogen-bond donors (Lipinski definition) is 3. The number of nitrogens with zero attached hydrogens (tertiary/aromatic N) is 2. The Morgan fingerprint density at radius 3 is 2.61 bits per heavy atom. The Morgan fingerprint density at radius 2 is 1.92 bits per heavy atom. The third-order valence-corrected chi connectivity index (χ3v) is 6.60. The predicted octanol–water partition coefficient (Wildman–Crippen LogP) is 1.66. The molecule has 0 unspecified atom stereocenters. The summed E-state index contributed by atoms with van der Waals surface area (Å²) in [6.45, 7) is 3.75. The van der Waals surface area contributed by atoms with E-state index in [-0.39, 0.29) is 19.0 Å². The number of hydrogen-bond acceptors (Lipinski definition) is 6.